The lowest BCUT2D eigenvalue weighted by Crippen LogP contribution is -2.23. The normalized spacial score (nSPS) is 11.0. The Morgan fingerprint density at radius 1 is 0.966 bits per heavy atom. The molecule has 4 nitrogen and oxygen atoms in total. The zero-order valence-electron chi connectivity index (χ0n) is 17.0. The molecule has 1 heterocycles. The Balaban J connectivity index is 0.000000253. The fourth-order valence-electron chi connectivity index (χ4n) is 2.47. The van der Waals surface area contributed by atoms with Crippen LogP contribution in [0.3, 0.4) is 0 Å². The lowest BCUT2D eigenvalue weighted by atomic mass is 10.2. The number of benzene rings is 2. The van der Waals surface area contributed by atoms with E-state index in [1.165, 1.54) is 12.8 Å². The van der Waals surface area contributed by atoms with Crippen LogP contribution in [0.4, 0.5) is 0 Å². The summed E-state index contributed by atoms with van der Waals surface area (Å²) in [6.45, 7) is 4.16. The van der Waals surface area contributed by atoms with Crippen molar-refractivity contribution >= 4 is 29.7 Å². The number of aryl methyl sites for hydroxylation is 2. The van der Waals surface area contributed by atoms with Gasteiger partial charge >= 0.3 is 0 Å². The zero-order valence-corrected chi connectivity index (χ0v) is 19.5. The van der Waals surface area contributed by atoms with Crippen LogP contribution >= 0.6 is 5.69 Å². The van der Waals surface area contributed by atoms with E-state index in [-0.39, 0.29) is 0 Å². The summed E-state index contributed by atoms with van der Waals surface area (Å²) in [5.74, 6) is 0. The van der Waals surface area contributed by atoms with Gasteiger partial charge in [0.25, 0.3) is 0 Å². The van der Waals surface area contributed by atoms with E-state index in [0.29, 0.717) is 13.2 Å². The van der Waals surface area contributed by atoms with Gasteiger partial charge in [-0.15, -0.1) is 0 Å². The molecule has 0 saturated heterocycles. The van der Waals surface area contributed by atoms with Gasteiger partial charge in [0.15, 0.2) is 0 Å². The highest BCUT2D eigenvalue weighted by Crippen LogP contribution is 2.47. The fourth-order valence-corrected chi connectivity index (χ4v) is 3.79. The molecule has 3 rings (SSSR count). The van der Waals surface area contributed by atoms with Crippen LogP contribution < -0.4 is 4.57 Å². The summed E-state index contributed by atoms with van der Waals surface area (Å²) in [5, 5.41) is 0. The van der Waals surface area contributed by atoms with E-state index in [9.17, 15) is 0 Å². The van der Waals surface area contributed by atoms with Crippen molar-refractivity contribution < 1.29 is 13.6 Å². The van der Waals surface area contributed by atoms with E-state index >= 15 is 0 Å². The van der Waals surface area contributed by atoms with E-state index in [0.717, 1.165) is 17.7 Å². The standard InChI is InChI=1S/C14H15O2PS2.C8H15N2/c18-17(19,15-11-13-7-3-1-4-8-13)16-12-14-9-5-2-6-10-14;1-3-4-5-10-7-6-9(2)8-10/h1-10H,11-12H2,(H,18,19);6-8H,3-5H2,1-2H3/q;+1/p-1. The van der Waals surface area contributed by atoms with Crippen LogP contribution in [0.1, 0.15) is 30.9 Å². The number of unbranched alkanes of at least 4 members (excludes halogenated alkanes) is 1. The molecule has 0 N–H and O–H groups in total. The maximum atomic E-state index is 5.56. The van der Waals surface area contributed by atoms with E-state index in [1.807, 2.05) is 67.7 Å². The number of hydrogen-bond donors (Lipinski definition) is 0. The molecule has 0 aliphatic rings. The summed E-state index contributed by atoms with van der Waals surface area (Å²) < 4.78 is 15.4. The molecular formula is C22H29N2O2PS2. The Morgan fingerprint density at radius 3 is 1.90 bits per heavy atom. The molecule has 0 bridgehead atoms. The summed E-state index contributed by atoms with van der Waals surface area (Å²) in [6, 6.07) is 19.6. The fraction of sp³-hybridized carbons (Fsp3) is 0.318. The first-order valence-electron chi connectivity index (χ1n) is 9.67. The van der Waals surface area contributed by atoms with Crippen molar-refractivity contribution in [1.29, 1.82) is 0 Å². The number of imidazole rings is 1. The second kappa shape index (κ2) is 13.0. The van der Waals surface area contributed by atoms with Crippen molar-refractivity contribution in [3.8, 4) is 0 Å². The molecule has 29 heavy (non-hydrogen) atoms. The molecule has 0 aliphatic carbocycles. The SMILES string of the molecule is CCCCn1cc[n+](C)c1.S=P([S-])(OCc1ccccc1)OCc1ccccc1. The van der Waals surface area contributed by atoms with Crippen LogP contribution in [0.2, 0.25) is 0 Å². The van der Waals surface area contributed by atoms with Crippen LogP contribution in [-0.4, -0.2) is 4.57 Å². The lowest BCUT2D eigenvalue weighted by molar-refractivity contribution is -0.671. The highest BCUT2D eigenvalue weighted by molar-refractivity contribution is 8.51. The van der Waals surface area contributed by atoms with Gasteiger partial charge in [-0.2, -0.15) is 0 Å². The highest BCUT2D eigenvalue weighted by Gasteiger charge is 2.03. The second-order valence-corrected chi connectivity index (χ2v) is 11.6. The van der Waals surface area contributed by atoms with Crippen molar-refractivity contribution in [2.24, 2.45) is 7.05 Å². The third kappa shape index (κ3) is 10.2. The molecule has 0 radical (unpaired) electrons. The van der Waals surface area contributed by atoms with Crippen molar-refractivity contribution in [3.05, 3.63) is 90.5 Å². The average molecular weight is 449 g/mol. The lowest BCUT2D eigenvalue weighted by Gasteiger charge is -2.28. The minimum Gasteiger partial charge on any atom is -0.691 e. The first kappa shape index (κ1) is 23.8. The largest absolute Gasteiger partial charge is 0.691 e. The van der Waals surface area contributed by atoms with Crippen molar-refractivity contribution in [3.63, 3.8) is 0 Å². The second-order valence-electron chi connectivity index (χ2n) is 6.64. The van der Waals surface area contributed by atoms with Gasteiger partial charge in [0.1, 0.15) is 12.4 Å². The smallest absolute Gasteiger partial charge is 0.243 e. The number of rotatable bonds is 9. The van der Waals surface area contributed by atoms with E-state index in [4.69, 9.17) is 33.1 Å². The number of hydrogen-bond acceptors (Lipinski definition) is 4. The number of nitrogens with zero attached hydrogens (tertiary/aromatic N) is 2. The van der Waals surface area contributed by atoms with Crippen LogP contribution in [-0.2, 0) is 59.9 Å². The molecule has 0 spiro atoms. The predicted octanol–water partition coefficient (Wildman–Crippen LogP) is 5.30. The molecule has 0 aliphatic heterocycles. The Bertz CT molecular complexity index is 825. The molecule has 7 heteroatoms. The van der Waals surface area contributed by atoms with Crippen LogP contribution in [0.15, 0.2) is 79.4 Å². The van der Waals surface area contributed by atoms with E-state index in [1.54, 1.807) is 0 Å². The Hall–Kier alpha value is -1.43. The van der Waals surface area contributed by atoms with Crippen LogP contribution in [0.25, 0.3) is 0 Å². The molecule has 2 aromatic carbocycles. The molecule has 1 aromatic heterocycles. The topological polar surface area (TPSA) is 27.3 Å². The first-order valence-corrected chi connectivity index (χ1v) is 13.3. The molecular weight excluding hydrogens is 419 g/mol. The minimum atomic E-state index is -2.61. The van der Waals surface area contributed by atoms with Gasteiger partial charge in [0.2, 0.25) is 6.33 Å². The average Bonchev–Trinajstić information content (AvgIpc) is 3.17. The Labute approximate surface area is 184 Å². The maximum Gasteiger partial charge on any atom is 0.243 e. The van der Waals surface area contributed by atoms with Crippen LogP contribution in [0, 0.1) is 0 Å². The van der Waals surface area contributed by atoms with Crippen molar-refractivity contribution in [2.75, 3.05) is 0 Å². The summed E-state index contributed by atoms with van der Waals surface area (Å²) in [4.78, 5) is 0. The molecule has 0 saturated carbocycles. The van der Waals surface area contributed by atoms with Crippen LogP contribution in [0.5, 0.6) is 0 Å². The molecule has 0 unspecified atom stereocenters. The molecule has 0 amide bonds. The summed E-state index contributed by atoms with van der Waals surface area (Å²) >= 11 is 10.4. The Morgan fingerprint density at radius 2 is 1.48 bits per heavy atom. The summed E-state index contributed by atoms with van der Waals surface area (Å²) in [5.41, 5.74) is -0.514. The van der Waals surface area contributed by atoms with Gasteiger partial charge < -0.3 is 21.3 Å². The van der Waals surface area contributed by atoms with Gasteiger partial charge in [0, 0.05) is 0 Å². The predicted molar refractivity (Wildman–Crippen MR) is 125 cm³/mol. The van der Waals surface area contributed by atoms with E-state index in [2.05, 4.69) is 34.8 Å². The van der Waals surface area contributed by atoms with Crippen molar-refractivity contribution in [1.82, 2.24) is 4.57 Å². The van der Waals surface area contributed by atoms with Gasteiger partial charge in [-0.05, 0) is 17.5 Å². The van der Waals surface area contributed by atoms with Gasteiger partial charge in [-0.25, -0.2) is 9.13 Å². The third-order valence-corrected chi connectivity index (χ3v) is 6.21. The van der Waals surface area contributed by atoms with E-state index < -0.39 is 5.69 Å². The maximum absolute atomic E-state index is 5.56. The highest BCUT2D eigenvalue weighted by atomic mass is 32.9. The molecule has 0 fully saturated rings. The van der Waals surface area contributed by atoms with Gasteiger partial charge in [-0.3, -0.25) is 0 Å². The summed E-state index contributed by atoms with van der Waals surface area (Å²) in [7, 11) is 2.04. The van der Waals surface area contributed by atoms with Crippen molar-refractivity contribution in [2.45, 2.75) is 39.5 Å². The molecule has 156 valence electrons. The molecule has 0 atom stereocenters. The monoisotopic (exact) mass is 448 g/mol. The first-order chi connectivity index (χ1) is 14.0. The third-order valence-electron chi connectivity index (χ3n) is 4.06. The zero-order chi connectivity index (χ0) is 21.0. The quantitative estimate of drug-likeness (QED) is 0.252. The number of aromatic nitrogens is 2. The van der Waals surface area contributed by atoms with Gasteiger partial charge in [0.05, 0.1) is 32.5 Å². The van der Waals surface area contributed by atoms with Gasteiger partial charge in [-0.1, -0.05) is 85.8 Å². The Kier molecular flexibility index (Phi) is 10.7. The minimum absolute atomic E-state index is 0.399. The molecule has 3 aromatic rings. The summed E-state index contributed by atoms with van der Waals surface area (Å²) in [6.07, 6.45) is 8.82.